The molecule has 0 saturated heterocycles. The van der Waals surface area contributed by atoms with Crippen LogP contribution >= 0.6 is 11.6 Å². The molecule has 1 heterocycles. The van der Waals surface area contributed by atoms with Crippen molar-refractivity contribution in [1.82, 2.24) is 9.88 Å². The zero-order chi connectivity index (χ0) is 19.4. The van der Waals surface area contributed by atoms with Gasteiger partial charge in [0.2, 0.25) is 0 Å². The molecule has 0 bridgehead atoms. The van der Waals surface area contributed by atoms with Gasteiger partial charge in [-0.1, -0.05) is 48.0 Å². The number of guanidine groups is 1. The summed E-state index contributed by atoms with van der Waals surface area (Å²) in [5.74, 6) is 0.135. The van der Waals surface area contributed by atoms with Crippen molar-refractivity contribution in [3.63, 3.8) is 0 Å². The number of carbonyl (C=O) groups excluding carboxylic acids is 1. The lowest BCUT2D eigenvalue weighted by Crippen LogP contribution is -2.30. The molecular formula is C20H20ClN5O. The first-order chi connectivity index (χ1) is 13.0. The first-order valence-corrected chi connectivity index (χ1v) is 8.88. The molecule has 0 saturated carbocycles. The summed E-state index contributed by atoms with van der Waals surface area (Å²) in [4.78, 5) is 23.0. The normalized spacial score (nSPS) is 10.6. The number of fused-ring (bicyclic) bond motifs is 1. The van der Waals surface area contributed by atoms with Gasteiger partial charge in [0.25, 0.3) is 5.91 Å². The molecule has 0 aliphatic heterocycles. The third-order valence-corrected chi connectivity index (χ3v) is 4.49. The van der Waals surface area contributed by atoms with Crippen molar-refractivity contribution in [2.45, 2.75) is 13.5 Å². The third-order valence-electron chi connectivity index (χ3n) is 4.19. The first kappa shape index (κ1) is 18.7. The fourth-order valence-corrected chi connectivity index (χ4v) is 3.07. The molecule has 4 N–H and O–H groups in total. The highest BCUT2D eigenvalue weighted by molar-refractivity contribution is 6.35. The molecule has 27 heavy (non-hydrogen) atoms. The summed E-state index contributed by atoms with van der Waals surface area (Å²) < 4.78 is 0. The Labute approximate surface area is 162 Å². The number of nitrogens with zero attached hydrogens (tertiary/aromatic N) is 3. The number of hydrogen-bond acceptors (Lipinski definition) is 3. The summed E-state index contributed by atoms with van der Waals surface area (Å²) in [7, 11) is 0. The summed E-state index contributed by atoms with van der Waals surface area (Å²) in [5, 5.41) is 1.82. The number of pyridine rings is 1. The number of halogens is 1. The number of aromatic nitrogens is 1. The van der Waals surface area contributed by atoms with Crippen LogP contribution in [-0.4, -0.2) is 28.3 Å². The van der Waals surface area contributed by atoms with Gasteiger partial charge in [-0.05, 0) is 24.6 Å². The highest BCUT2D eigenvalue weighted by atomic mass is 35.5. The fraction of sp³-hybridized carbons (Fsp3) is 0.150. The number of rotatable bonds is 5. The first-order valence-electron chi connectivity index (χ1n) is 8.50. The maximum Gasteiger partial charge on any atom is 0.254 e. The van der Waals surface area contributed by atoms with Gasteiger partial charge in [-0.3, -0.25) is 4.79 Å². The van der Waals surface area contributed by atoms with Crippen LogP contribution in [0.4, 0.5) is 5.82 Å². The molecule has 6 nitrogen and oxygen atoms in total. The lowest BCUT2D eigenvalue weighted by molar-refractivity contribution is 0.0753. The highest BCUT2D eigenvalue weighted by Crippen LogP contribution is 2.30. The van der Waals surface area contributed by atoms with Crippen molar-refractivity contribution in [3.8, 4) is 0 Å². The second-order valence-electron chi connectivity index (χ2n) is 6.03. The fourth-order valence-electron chi connectivity index (χ4n) is 2.85. The van der Waals surface area contributed by atoms with E-state index in [1.54, 1.807) is 23.1 Å². The van der Waals surface area contributed by atoms with Gasteiger partial charge in [0.05, 0.1) is 5.02 Å². The lowest BCUT2D eigenvalue weighted by atomic mass is 10.1. The summed E-state index contributed by atoms with van der Waals surface area (Å²) in [6.45, 7) is 3.06. The molecule has 3 aromatic rings. The van der Waals surface area contributed by atoms with E-state index in [9.17, 15) is 4.79 Å². The van der Waals surface area contributed by atoms with Crippen molar-refractivity contribution >= 4 is 40.1 Å². The van der Waals surface area contributed by atoms with Crippen molar-refractivity contribution in [2.75, 3.05) is 6.54 Å². The Balaban J connectivity index is 2.00. The third kappa shape index (κ3) is 4.17. The van der Waals surface area contributed by atoms with E-state index in [4.69, 9.17) is 23.1 Å². The van der Waals surface area contributed by atoms with Gasteiger partial charge in [-0.2, -0.15) is 4.99 Å². The van der Waals surface area contributed by atoms with Crippen LogP contribution < -0.4 is 11.5 Å². The minimum atomic E-state index is -0.109. The molecular weight excluding hydrogens is 362 g/mol. The number of amides is 1. The Bertz CT molecular complexity index is 1000. The van der Waals surface area contributed by atoms with Gasteiger partial charge in [-0.15, -0.1) is 0 Å². The van der Waals surface area contributed by atoms with Crippen LogP contribution in [0.2, 0.25) is 5.02 Å². The largest absolute Gasteiger partial charge is 0.370 e. The summed E-state index contributed by atoms with van der Waals surface area (Å²) in [6.07, 6.45) is 1.49. The average Bonchev–Trinajstić information content (AvgIpc) is 2.68. The van der Waals surface area contributed by atoms with E-state index in [1.165, 1.54) is 6.20 Å². The van der Waals surface area contributed by atoms with Gasteiger partial charge in [-0.25, -0.2) is 4.98 Å². The smallest absolute Gasteiger partial charge is 0.254 e. The molecule has 2 aromatic carbocycles. The van der Waals surface area contributed by atoms with E-state index in [-0.39, 0.29) is 11.9 Å². The van der Waals surface area contributed by atoms with Gasteiger partial charge in [0, 0.05) is 35.6 Å². The monoisotopic (exact) mass is 381 g/mol. The van der Waals surface area contributed by atoms with Crippen LogP contribution in [0.5, 0.6) is 0 Å². The van der Waals surface area contributed by atoms with E-state index in [0.717, 1.165) is 10.9 Å². The molecule has 0 fully saturated rings. The van der Waals surface area contributed by atoms with Gasteiger partial charge in [0.1, 0.15) is 0 Å². The Morgan fingerprint density at radius 2 is 1.89 bits per heavy atom. The van der Waals surface area contributed by atoms with Crippen LogP contribution in [0, 0.1) is 0 Å². The molecule has 138 valence electrons. The van der Waals surface area contributed by atoms with Crippen LogP contribution in [0.15, 0.2) is 59.7 Å². The molecule has 0 radical (unpaired) electrons. The van der Waals surface area contributed by atoms with Gasteiger partial charge >= 0.3 is 0 Å². The van der Waals surface area contributed by atoms with E-state index in [0.29, 0.717) is 34.9 Å². The number of hydrogen-bond donors (Lipinski definition) is 2. The predicted octanol–water partition coefficient (Wildman–Crippen LogP) is 3.46. The molecule has 3 rings (SSSR count). The van der Waals surface area contributed by atoms with E-state index in [1.807, 2.05) is 37.3 Å². The van der Waals surface area contributed by atoms with E-state index >= 15 is 0 Å². The summed E-state index contributed by atoms with van der Waals surface area (Å²) in [5.41, 5.74) is 12.6. The Kier molecular flexibility index (Phi) is 5.57. The SMILES string of the molecule is CCN(Cc1ccccc1)C(=O)c1ccc2c(Cl)cnc(N=C(N)N)c2c1. The average molecular weight is 382 g/mol. The lowest BCUT2D eigenvalue weighted by Gasteiger charge is -2.21. The second kappa shape index (κ2) is 8.05. The number of benzene rings is 2. The van der Waals surface area contributed by atoms with E-state index < -0.39 is 0 Å². The Morgan fingerprint density at radius 1 is 1.15 bits per heavy atom. The second-order valence-corrected chi connectivity index (χ2v) is 6.44. The number of carbonyl (C=O) groups is 1. The molecule has 1 amide bonds. The topological polar surface area (TPSA) is 97.6 Å². The standard InChI is InChI=1S/C20H20ClN5O/c1-2-26(12-13-6-4-3-5-7-13)19(27)14-8-9-15-16(10-14)18(25-20(22)23)24-11-17(15)21/h3-11H,2,12H2,1H3,(H4,22,23,24,25). The Hall–Kier alpha value is -3.12. The van der Waals surface area contributed by atoms with Crippen LogP contribution in [0.3, 0.4) is 0 Å². The molecule has 0 atom stereocenters. The Morgan fingerprint density at radius 3 is 2.56 bits per heavy atom. The zero-order valence-electron chi connectivity index (χ0n) is 14.9. The number of aliphatic imine (C=N–C) groups is 1. The van der Waals surface area contributed by atoms with Crippen molar-refractivity contribution in [2.24, 2.45) is 16.5 Å². The summed E-state index contributed by atoms with van der Waals surface area (Å²) >= 11 is 6.23. The minimum Gasteiger partial charge on any atom is -0.370 e. The molecule has 1 aromatic heterocycles. The van der Waals surface area contributed by atoms with Crippen molar-refractivity contribution in [3.05, 3.63) is 70.9 Å². The predicted molar refractivity (Wildman–Crippen MR) is 109 cm³/mol. The van der Waals surface area contributed by atoms with Crippen LogP contribution in [-0.2, 0) is 6.54 Å². The van der Waals surface area contributed by atoms with Crippen molar-refractivity contribution < 1.29 is 4.79 Å². The maximum absolute atomic E-state index is 13.0. The van der Waals surface area contributed by atoms with Crippen molar-refractivity contribution in [1.29, 1.82) is 0 Å². The minimum absolute atomic E-state index is 0.0844. The van der Waals surface area contributed by atoms with Gasteiger partial charge < -0.3 is 16.4 Å². The zero-order valence-corrected chi connectivity index (χ0v) is 15.6. The quantitative estimate of drug-likeness (QED) is 0.522. The van der Waals surface area contributed by atoms with Gasteiger partial charge in [0.15, 0.2) is 11.8 Å². The van der Waals surface area contributed by atoms with E-state index in [2.05, 4.69) is 9.98 Å². The molecule has 0 aliphatic rings. The van der Waals surface area contributed by atoms with Crippen LogP contribution in [0.1, 0.15) is 22.8 Å². The molecule has 7 heteroatoms. The highest BCUT2D eigenvalue weighted by Gasteiger charge is 2.17. The maximum atomic E-state index is 13.0. The summed E-state index contributed by atoms with van der Waals surface area (Å²) in [6, 6.07) is 15.1. The molecule has 0 unspecified atom stereocenters. The number of nitrogens with two attached hydrogens (primary N) is 2. The van der Waals surface area contributed by atoms with Crippen LogP contribution in [0.25, 0.3) is 10.8 Å². The molecule has 0 aliphatic carbocycles. The molecule has 0 spiro atoms.